The second-order valence-corrected chi connectivity index (χ2v) is 13.2. The molecule has 0 bridgehead atoms. The molecule has 1 unspecified atom stereocenters. The quantitative estimate of drug-likeness (QED) is 0.537. The van der Waals surface area contributed by atoms with E-state index in [0.29, 0.717) is 36.7 Å². The van der Waals surface area contributed by atoms with Crippen molar-refractivity contribution in [1.29, 1.82) is 0 Å². The SMILES string of the molecule is Cc1c(NCC2CCc3ccccc3N2)ncnc1C(=O)N1CCC(N2CCC(N(C)S(C)(=O)=O)CC2)CC1. The van der Waals surface area contributed by atoms with Crippen LogP contribution in [0.4, 0.5) is 11.5 Å². The number of nitrogens with one attached hydrogen (secondary N) is 2. The summed E-state index contributed by atoms with van der Waals surface area (Å²) in [6.45, 7) is 5.83. The molecule has 0 saturated carbocycles. The highest BCUT2D eigenvalue weighted by Gasteiger charge is 2.33. The van der Waals surface area contributed by atoms with E-state index in [-0.39, 0.29) is 11.9 Å². The molecule has 1 atom stereocenters. The van der Waals surface area contributed by atoms with Gasteiger partial charge in [0.25, 0.3) is 5.91 Å². The van der Waals surface area contributed by atoms with Crippen LogP contribution in [0.3, 0.4) is 0 Å². The first-order chi connectivity index (χ1) is 18.7. The minimum Gasteiger partial charge on any atom is -0.380 e. The van der Waals surface area contributed by atoms with E-state index in [1.165, 1.54) is 28.1 Å². The number of anilines is 2. The van der Waals surface area contributed by atoms with E-state index in [4.69, 9.17) is 0 Å². The number of carbonyl (C=O) groups excluding carboxylic acids is 1. The number of aromatic nitrogens is 2. The molecule has 4 heterocycles. The van der Waals surface area contributed by atoms with Gasteiger partial charge < -0.3 is 20.4 Å². The first kappa shape index (κ1) is 27.8. The van der Waals surface area contributed by atoms with Crippen molar-refractivity contribution in [3.63, 3.8) is 0 Å². The van der Waals surface area contributed by atoms with Crippen molar-refractivity contribution in [3.8, 4) is 0 Å². The van der Waals surface area contributed by atoms with Crippen LogP contribution >= 0.6 is 0 Å². The molecule has 2 aromatic rings. The van der Waals surface area contributed by atoms with Crippen LogP contribution in [-0.4, -0.2) is 103 Å². The molecular weight excluding hydrogens is 514 g/mol. The third-order valence-electron chi connectivity index (χ3n) is 8.75. The van der Waals surface area contributed by atoms with Crippen molar-refractivity contribution in [2.24, 2.45) is 0 Å². The normalized spacial score (nSPS) is 21.4. The lowest BCUT2D eigenvalue weighted by molar-refractivity contribution is 0.0542. The topological polar surface area (TPSA) is 111 Å². The molecule has 1 amide bonds. The summed E-state index contributed by atoms with van der Waals surface area (Å²) in [6, 6.07) is 9.22. The summed E-state index contributed by atoms with van der Waals surface area (Å²) < 4.78 is 25.3. The van der Waals surface area contributed by atoms with Gasteiger partial charge in [-0.1, -0.05) is 18.2 Å². The van der Waals surface area contributed by atoms with Gasteiger partial charge in [0.15, 0.2) is 0 Å². The van der Waals surface area contributed by atoms with Gasteiger partial charge in [0.2, 0.25) is 10.0 Å². The molecule has 5 rings (SSSR count). The highest BCUT2D eigenvalue weighted by Crippen LogP contribution is 2.27. The molecule has 0 aliphatic carbocycles. The number of amides is 1. The zero-order valence-electron chi connectivity index (χ0n) is 23.3. The summed E-state index contributed by atoms with van der Waals surface area (Å²) in [6.07, 6.45) is 8.39. The van der Waals surface area contributed by atoms with Gasteiger partial charge in [-0.3, -0.25) is 4.79 Å². The minimum atomic E-state index is -3.16. The van der Waals surface area contributed by atoms with Crippen molar-refractivity contribution < 1.29 is 13.2 Å². The zero-order valence-corrected chi connectivity index (χ0v) is 24.1. The number of aryl methyl sites for hydroxylation is 1. The standard InChI is InChI=1S/C28H41N7O3S/c1-20-26(30-19-31-27(20)29-18-22-9-8-21-6-4-5-7-25(21)32-22)28(36)35-16-12-24(13-17-35)34-14-10-23(11-15-34)33(2)39(3,37)38/h4-7,19,22-24,32H,8-18H2,1-3H3,(H,29,30,31). The first-order valence-electron chi connectivity index (χ1n) is 14.1. The van der Waals surface area contributed by atoms with E-state index >= 15 is 0 Å². The number of benzene rings is 1. The van der Waals surface area contributed by atoms with E-state index in [1.54, 1.807) is 7.05 Å². The van der Waals surface area contributed by atoms with Crippen LogP contribution < -0.4 is 10.6 Å². The predicted octanol–water partition coefficient (Wildman–Crippen LogP) is 2.58. The van der Waals surface area contributed by atoms with Gasteiger partial charge in [0.05, 0.1) is 6.26 Å². The van der Waals surface area contributed by atoms with Gasteiger partial charge in [-0.25, -0.2) is 22.7 Å². The molecule has 2 saturated heterocycles. The zero-order chi connectivity index (χ0) is 27.6. The molecule has 0 radical (unpaired) electrons. The third-order valence-corrected chi connectivity index (χ3v) is 10.1. The maximum atomic E-state index is 13.4. The third kappa shape index (κ3) is 6.36. The largest absolute Gasteiger partial charge is 0.380 e. The van der Waals surface area contributed by atoms with E-state index in [9.17, 15) is 13.2 Å². The smallest absolute Gasteiger partial charge is 0.272 e. The van der Waals surface area contributed by atoms with Crippen LogP contribution in [0, 0.1) is 6.92 Å². The number of fused-ring (bicyclic) bond motifs is 1. The molecule has 2 fully saturated rings. The number of carbonyl (C=O) groups is 1. The Morgan fingerprint density at radius 2 is 1.79 bits per heavy atom. The Labute approximate surface area is 232 Å². The number of likely N-dealkylation sites (tertiary alicyclic amines) is 2. The minimum absolute atomic E-state index is 0.0328. The number of para-hydroxylation sites is 1. The molecule has 2 N–H and O–H groups in total. The Morgan fingerprint density at radius 3 is 2.51 bits per heavy atom. The fourth-order valence-electron chi connectivity index (χ4n) is 6.19. The fourth-order valence-corrected chi connectivity index (χ4v) is 6.94. The fraction of sp³-hybridized carbons (Fsp3) is 0.607. The maximum absolute atomic E-state index is 13.4. The van der Waals surface area contributed by atoms with Gasteiger partial charge in [-0.15, -0.1) is 0 Å². The lowest BCUT2D eigenvalue weighted by atomic mass is 9.97. The average molecular weight is 556 g/mol. The van der Waals surface area contributed by atoms with E-state index in [1.807, 2.05) is 11.8 Å². The number of hydrogen-bond donors (Lipinski definition) is 2. The molecule has 1 aromatic carbocycles. The second-order valence-electron chi connectivity index (χ2n) is 11.2. The molecular formula is C28H41N7O3S. The van der Waals surface area contributed by atoms with Crippen molar-refractivity contribution >= 4 is 27.4 Å². The van der Waals surface area contributed by atoms with E-state index < -0.39 is 10.0 Å². The van der Waals surface area contributed by atoms with Gasteiger partial charge in [0, 0.05) is 56.1 Å². The molecule has 3 aliphatic heterocycles. The highest BCUT2D eigenvalue weighted by molar-refractivity contribution is 7.88. The Kier molecular flexibility index (Phi) is 8.39. The summed E-state index contributed by atoms with van der Waals surface area (Å²) in [7, 11) is -1.48. The van der Waals surface area contributed by atoms with Crippen LogP contribution in [0.2, 0.25) is 0 Å². The van der Waals surface area contributed by atoms with E-state index in [2.05, 4.69) is 49.8 Å². The van der Waals surface area contributed by atoms with Crippen LogP contribution in [0.1, 0.15) is 53.7 Å². The first-order valence-corrected chi connectivity index (χ1v) is 15.9. The van der Waals surface area contributed by atoms with Crippen molar-refractivity contribution in [1.82, 2.24) is 24.1 Å². The number of rotatable bonds is 7. The lowest BCUT2D eigenvalue weighted by Crippen LogP contribution is -2.52. The molecule has 1 aromatic heterocycles. The van der Waals surface area contributed by atoms with Crippen LogP contribution in [-0.2, 0) is 16.4 Å². The average Bonchev–Trinajstić information content (AvgIpc) is 2.95. The van der Waals surface area contributed by atoms with Crippen LogP contribution in [0.25, 0.3) is 0 Å². The van der Waals surface area contributed by atoms with Gasteiger partial charge in [-0.05, 0) is 70.2 Å². The summed E-state index contributed by atoms with van der Waals surface area (Å²) in [5, 5.41) is 7.06. The van der Waals surface area contributed by atoms with Crippen LogP contribution in [0.5, 0.6) is 0 Å². The number of hydrogen-bond acceptors (Lipinski definition) is 8. The number of sulfonamides is 1. The molecule has 212 valence electrons. The maximum Gasteiger partial charge on any atom is 0.272 e. The summed E-state index contributed by atoms with van der Waals surface area (Å²) in [5.41, 5.74) is 3.81. The molecule has 0 spiro atoms. The summed E-state index contributed by atoms with van der Waals surface area (Å²) >= 11 is 0. The van der Waals surface area contributed by atoms with Crippen molar-refractivity contribution in [3.05, 3.63) is 47.4 Å². The van der Waals surface area contributed by atoms with Crippen molar-refractivity contribution in [2.45, 2.75) is 63.6 Å². The molecule has 3 aliphatic rings. The van der Waals surface area contributed by atoms with Gasteiger partial charge in [0.1, 0.15) is 17.8 Å². The Morgan fingerprint density at radius 1 is 1.08 bits per heavy atom. The summed E-state index contributed by atoms with van der Waals surface area (Å²) in [4.78, 5) is 26.6. The predicted molar refractivity (Wildman–Crippen MR) is 154 cm³/mol. The second kappa shape index (κ2) is 11.8. The Bertz CT molecular complexity index is 1270. The monoisotopic (exact) mass is 555 g/mol. The molecule has 39 heavy (non-hydrogen) atoms. The number of piperidine rings is 2. The van der Waals surface area contributed by atoms with Gasteiger partial charge in [-0.2, -0.15) is 0 Å². The Hall–Kier alpha value is -2.76. The van der Waals surface area contributed by atoms with Crippen molar-refractivity contribution in [2.75, 3.05) is 56.7 Å². The van der Waals surface area contributed by atoms with Gasteiger partial charge >= 0.3 is 0 Å². The Balaban J connectivity index is 1.12. The molecule has 10 nitrogen and oxygen atoms in total. The molecule has 11 heteroatoms. The number of nitrogens with zero attached hydrogens (tertiary/aromatic N) is 5. The summed E-state index contributed by atoms with van der Waals surface area (Å²) in [5.74, 6) is 0.681. The lowest BCUT2D eigenvalue weighted by Gasteiger charge is -2.43. The highest BCUT2D eigenvalue weighted by atomic mass is 32.2. The van der Waals surface area contributed by atoms with Crippen LogP contribution in [0.15, 0.2) is 30.6 Å². The van der Waals surface area contributed by atoms with E-state index in [0.717, 1.165) is 63.7 Å².